The van der Waals surface area contributed by atoms with Crippen molar-refractivity contribution in [3.05, 3.63) is 39.5 Å². The van der Waals surface area contributed by atoms with Crippen molar-refractivity contribution in [2.45, 2.75) is 57.7 Å². The summed E-state index contributed by atoms with van der Waals surface area (Å²) in [7, 11) is -3.10. The van der Waals surface area contributed by atoms with Gasteiger partial charge in [-0.15, -0.1) is 11.3 Å². The van der Waals surface area contributed by atoms with Crippen LogP contribution in [0.3, 0.4) is 0 Å². The lowest BCUT2D eigenvalue weighted by atomic mass is 10.1. The molecule has 29 heavy (non-hydrogen) atoms. The van der Waals surface area contributed by atoms with Crippen molar-refractivity contribution in [2.75, 3.05) is 11.5 Å². The highest BCUT2D eigenvalue weighted by Gasteiger charge is 2.39. The van der Waals surface area contributed by atoms with Crippen molar-refractivity contribution in [2.24, 2.45) is 0 Å². The Balaban J connectivity index is 1.59. The Morgan fingerprint density at radius 3 is 2.55 bits per heavy atom. The number of hydrogen-bond acceptors (Lipinski definition) is 6. The van der Waals surface area contributed by atoms with Crippen LogP contribution in [-0.2, 0) is 21.2 Å². The molecule has 0 N–H and O–H groups in total. The van der Waals surface area contributed by atoms with Crippen LogP contribution < -0.4 is 5.56 Å². The highest BCUT2D eigenvalue weighted by molar-refractivity contribution is 7.91. The van der Waals surface area contributed by atoms with Gasteiger partial charge in [-0.1, -0.05) is 12.8 Å². The van der Waals surface area contributed by atoms with Gasteiger partial charge in [-0.2, -0.15) is 5.10 Å². The molecule has 2 aliphatic rings. The van der Waals surface area contributed by atoms with Crippen LogP contribution >= 0.6 is 11.3 Å². The Labute approximate surface area is 174 Å². The standard InChI is InChI=1S/C20H25N3O4S2/c1-14-6-8-18(28-14)17-7-9-19(24)22(21-17)12-20(25)23(15-4-2-3-5-15)16-10-11-29(26,27)13-16/h6-9,15-16H,2-5,10-13H2,1H3. The van der Waals surface area contributed by atoms with E-state index in [9.17, 15) is 18.0 Å². The van der Waals surface area contributed by atoms with Crippen LogP contribution in [-0.4, -0.2) is 52.6 Å². The minimum atomic E-state index is -3.10. The van der Waals surface area contributed by atoms with Crippen molar-refractivity contribution in [1.29, 1.82) is 0 Å². The Morgan fingerprint density at radius 2 is 1.93 bits per heavy atom. The molecule has 0 bridgehead atoms. The number of aromatic nitrogens is 2. The lowest BCUT2D eigenvalue weighted by Crippen LogP contribution is -2.49. The zero-order chi connectivity index (χ0) is 20.6. The maximum absolute atomic E-state index is 13.2. The number of rotatable bonds is 5. The Hall–Kier alpha value is -2.00. The van der Waals surface area contributed by atoms with Crippen LogP contribution in [0.5, 0.6) is 0 Å². The van der Waals surface area contributed by atoms with Crippen LogP contribution in [0.15, 0.2) is 29.1 Å². The molecule has 1 amide bonds. The van der Waals surface area contributed by atoms with E-state index in [4.69, 9.17) is 0 Å². The van der Waals surface area contributed by atoms with Crippen LogP contribution in [0, 0.1) is 6.92 Å². The summed E-state index contributed by atoms with van der Waals surface area (Å²) in [6.07, 6.45) is 4.33. The molecule has 7 nitrogen and oxygen atoms in total. The molecule has 1 saturated heterocycles. The van der Waals surface area contributed by atoms with Gasteiger partial charge in [0.05, 0.1) is 16.4 Å². The van der Waals surface area contributed by atoms with Gasteiger partial charge in [-0.3, -0.25) is 9.59 Å². The minimum Gasteiger partial charge on any atom is -0.334 e. The first-order valence-electron chi connectivity index (χ1n) is 9.99. The highest BCUT2D eigenvalue weighted by Crippen LogP contribution is 2.29. The largest absolute Gasteiger partial charge is 0.334 e. The summed E-state index contributed by atoms with van der Waals surface area (Å²) in [4.78, 5) is 29.4. The molecule has 9 heteroatoms. The summed E-state index contributed by atoms with van der Waals surface area (Å²) < 4.78 is 25.2. The van der Waals surface area contributed by atoms with Gasteiger partial charge in [0, 0.05) is 23.0 Å². The summed E-state index contributed by atoms with van der Waals surface area (Å²) in [5.74, 6) is -0.0702. The molecule has 2 aromatic heterocycles. The van der Waals surface area contributed by atoms with Gasteiger partial charge in [0.2, 0.25) is 5.91 Å². The first-order valence-corrected chi connectivity index (χ1v) is 12.6. The lowest BCUT2D eigenvalue weighted by Gasteiger charge is -2.34. The predicted octanol–water partition coefficient (Wildman–Crippen LogP) is 2.24. The molecule has 0 aromatic carbocycles. The summed E-state index contributed by atoms with van der Waals surface area (Å²) in [6, 6.07) is 6.81. The maximum atomic E-state index is 13.2. The fourth-order valence-corrected chi connectivity index (χ4v) is 6.90. The number of thiophene rings is 1. The minimum absolute atomic E-state index is 0.0199. The Kier molecular flexibility index (Phi) is 5.61. The molecule has 2 fully saturated rings. The third-order valence-electron chi connectivity index (χ3n) is 5.75. The number of amides is 1. The monoisotopic (exact) mass is 435 g/mol. The smallest absolute Gasteiger partial charge is 0.267 e. The third kappa shape index (κ3) is 4.45. The van der Waals surface area contributed by atoms with E-state index in [2.05, 4.69) is 5.10 Å². The van der Waals surface area contributed by atoms with Crippen molar-refractivity contribution in [3.8, 4) is 10.6 Å². The predicted molar refractivity (Wildman–Crippen MR) is 113 cm³/mol. The van der Waals surface area contributed by atoms with Crippen LogP contribution in [0.25, 0.3) is 10.6 Å². The summed E-state index contributed by atoms with van der Waals surface area (Å²) >= 11 is 1.58. The fraction of sp³-hybridized carbons (Fsp3) is 0.550. The quantitative estimate of drug-likeness (QED) is 0.719. The molecule has 2 aromatic rings. The van der Waals surface area contributed by atoms with Crippen molar-refractivity contribution >= 4 is 27.1 Å². The van der Waals surface area contributed by atoms with E-state index in [0.29, 0.717) is 12.1 Å². The SMILES string of the molecule is Cc1ccc(-c2ccc(=O)n(CC(=O)N(C3CCCC3)C3CCS(=O)(=O)C3)n2)s1. The molecule has 0 spiro atoms. The number of hydrogen-bond donors (Lipinski definition) is 0. The van der Waals surface area contributed by atoms with E-state index in [-0.39, 0.29) is 41.6 Å². The van der Waals surface area contributed by atoms with Crippen molar-refractivity contribution in [1.82, 2.24) is 14.7 Å². The van der Waals surface area contributed by atoms with Crippen molar-refractivity contribution in [3.63, 3.8) is 0 Å². The van der Waals surface area contributed by atoms with Crippen LogP contribution in [0.2, 0.25) is 0 Å². The van der Waals surface area contributed by atoms with E-state index in [1.807, 2.05) is 19.1 Å². The van der Waals surface area contributed by atoms with Gasteiger partial charge in [-0.25, -0.2) is 13.1 Å². The van der Waals surface area contributed by atoms with Gasteiger partial charge in [0.1, 0.15) is 12.2 Å². The maximum Gasteiger partial charge on any atom is 0.267 e. The number of sulfone groups is 1. The summed E-state index contributed by atoms with van der Waals surface area (Å²) in [5, 5.41) is 4.41. The van der Waals surface area contributed by atoms with E-state index < -0.39 is 9.84 Å². The third-order valence-corrected chi connectivity index (χ3v) is 8.53. The van der Waals surface area contributed by atoms with Crippen molar-refractivity contribution < 1.29 is 13.2 Å². The second-order valence-electron chi connectivity index (χ2n) is 7.92. The van der Waals surface area contributed by atoms with E-state index in [1.165, 1.54) is 10.7 Å². The molecular weight excluding hydrogens is 410 g/mol. The molecule has 1 saturated carbocycles. The zero-order valence-corrected chi connectivity index (χ0v) is 18.0. The first-order chi connectivity index (χ1) is 13.8. The summed E-state index contributed by atoms with van der Waals surface area (Å²) in [5.41, 5.74) is 0.326. The lowest BCUT2D eigenvalue weighted by molar-refractivity contribution is -0.136. The van der Waals surface area contributed by atoms with Gasteiger partial charge in [0.15, 0.2) is 9.84 Å². The average molecular weight is 436 g/mol. The second-order valence-corrected chi connectivity index (χ2v) is 11.4. The van der Waals surface area contributed by atoms with E-state index >= 15 is 0 Å². The normalized spacial score (nSPS) is 21.5. The molecule has 1 atom stereocenters. The van der Waals surface area contributed by atoms with E-state index in [1.54, 1.807) is 22.3 Å². The molecule has 4 rings (SSSR count). The van der Waals surface area contributed by atoms with E-state index in [0.717, 1.165) is 35.4 Å². The van der Waals surface area contributed by atoms with Crippen LogP contribution in [0.1, 0.15) is 37.0 Å². The number of carbonyl (C=O) groups is 1. The van der Waals surface area contributed by atoms with Gasteiger partial charge < -0.3 is 4.90 Å². The Bertz CT molecular complexity index is 1070. The first kappa shape index (κ1) is 20.3. The molecule has 1 unspecified atom stereocenters. The summed E-state index contributed by atoms with van der Waals surface area (Å²) in [6.45, 7) is 1.84. The molecular formula is C20H25N3O4S2. The molecule has 3 heterocycles. The number of carbonyl (C=O) groups excluding carboxylic acids is 1. The Morgan fingerprint density at radius 1 is 1.17 bits per heavy atom. The van der Waals surface area contributed by atoms with Crippen LogP contribution in [0.4, 0.5) is 0 Å². The number of aryl methyl sites for hydroxylation is 1. The molecule has 0 radical (unpaired) electrons. The fourth-order valence-electron chi connectivity index (χ4n) is 4.36. The molecule has 1 aliphatic carbocycles. The molecule has 156 valence electrons. The average Bonchev–Trinajstić information content (AvgIpc) is 3.40. The van der Waals surface area contributed by atoms with Gasteiger partial charge in [-0.05, 0) is 44.4 Å². The molecule has 1 aliphatic heterocycles. The van der Waals surface area contributed by atoms with Gasteiger partial charge >= 0.3 is 0 Å². The topological polar surface area (TPSA) is 89.3 Å². The zero-order valence-electron chi connectivity index (χ0n) is 16.4. The van der Waals surface area contributed by atoms with Gasteiger partial charge in [0.25, 0.3) is 5.56 Å². The number of nitrogens with zero attached hydrogens (tertiary/aromatic N) is 3. The highest BCUT2D eigenvalue weighted by atomic mass is 32.2. The second kappa shape index (κ2) is 8.02.